The van der Waals surface area contributed by atoms with Crippen LogP contribution < -0.4 is 9.47 Å². The molecule has 0 heterocycles. The van der Waals surface area contributed by atoms with Crippen molar-refractivity contribution < 1.29 is 23.8 Å². The smallest absolute Gasteiger partial charge is 0.304 e. The normalized spacial score (nSPS) is 12.0. The number of carbonyl (C=O) groups is 1. The van der Waals surface area contributed by atoms with Gasteiger partial charge < -0.3 is 14.6 Å². The van der Waals surface area contributed by atoms with Crippen LogP contribution in [-0.2, 0) is 16.8 Å². The van der Waals surface area contributed by atoms with E-state index in [2.05, 4.69) is 26.7 Å². The summed E-state index contributed by atoms with van der Waals surface area (Å²) in [5.41, 5.74) is 3.75. The maximum Gasteiger partial charge on any atom is 0.304 e. The summed E-state index contributed by atoms with van der Waals surface area (Å²) in [5.74, 6) is 1.99. The Labute approximate surface area is 200 Å². The summed E-state index contributed by atoms with van der Waals surface area (Å²) in [7, 11) is 1.56. The van der Waals surface area contributed by atoms with Crippen molar-refractivity contribution in [2.75, 3.05) is 7.11 Å². The molecule has 1 atom stereocenters. The number of aliphatic carboxylic acids is 1. The summed E-state index contributed by atoms with van der Waals surface area (Å²) in [6.45, 7) is 6.57. The van der Waals surface area contributed by atoms with Crippen LogP contribution in [-0.4, -0.2) is 18.2 Å². The van der Waals surface area contributed by atoms with Crippen molar-refractivity contribution >= 4 is 5.97 Å². The fourth-order valence-electron chi connectivity index (χ4n) is 3.81. The SMILES string of the molecule is C#C[C@@H](CC(=O)O)c1ccc(OCc2ccc(C(C)(C)C)c(-c3cc(OC)ccc3F)c2)cc1. The zero-order chi connectivity index (χ0) is 24.9. The minimum absolute atomic E-state index is 0.125. The van der Waals surface area contributed by atoms with Crippen LogP contribution in [0.3, 0.4) is 0 Å². The summed E-state index contributed by atoms with van der Waals surface area (Å²) in [6.07, 6.45) is 5.36. The lowest BCUT2D eigenvalue weighted by atomic mass is 9.81. The molecule has 3 aromatic carbocycles. The van der Waals surface area contributed by atoms with Crippen molar-refractivity contribution in [2.24, 2.45) is 0 Å². The van der Waals surface area contributed by atoms with E-state index in [1.165, 1.54) is 6.07 Å². The molecule has 3 rings (SSSR count). The monoisotopic (exact) mass is 460 g/mol. The molecule has 0 amide bonds. The van der Waals surface area contributed by atoms with Crippen molar-refractivity contribution in [1.82, 2.24) is 0 Å². The highest BCUT2D eigenvalue weighted by Gasteiger charge is 2.21. The topological polar surface area (TPSA) is 55.8 Å². The molecule has 34 heavy (non-hydrogen) atoms. The molecule has 0 aliphatic rings. The fourth-order valence-corrected chi connectivity index (χ4v) is 3.81. The van der Waals surface area contributed by atoms with Crippen LogP contribution in [0, 0.1) is 18.2 Å². The first-order valence-corrected chi connectivity index (χ1v) is 11.0. The molecular weight excluding hydrogens is 431 g/mol. The number of carboxylic acids is 1. The van der Waals surface area contributed by atoms with E-state index >= 15 is 0 Å². The average Bonchev–Trinajstić information content (AvgIpc) is 2.81. The molecule has 5 heteroatoms. The highest BCUT2D eigenvalue weighted by molar-refractivity contribution is 5.71. The van der Waals surface area contributed by atoms with E-state index in [4.69, 9.17) is 21.0 Å². The average molecular weight is 461 g/mol. The maximum absolute atomic E-state index is 14.8. The van der Waals surface area contributed by atoms with Gasteiger partial charge in [0, 0.05) is 5.56 Å². The molecule has 0 radical (unpaired) electrons. The second kappa shape index (κ2) is 10.4. The van der Waals surface area contributed by atoms with Gasteiger partial charge in [-0.3, -0.25) is 4.79 Å². The second-order valence-electron chi connectivity index (χ2n) is 9.15. The predicted octanol–water partition coefficient (Wildman–Crippen LogP) is 6.57. The van der Waals surface area contributed by atoms with Gasteiger partial charge in [-0.05, 0) is 64.1 Å². The van der Waals surface area contributed by atoms with Gasteiger partial charge in [0.1, 0.15) is 23.9 Å². The molecular formula is C29H29FO4. The summed E-state index contributed by atoms with van der Waals surface area (Å²) in [6, 6.07) is 17.8. The molecule has 3 aromatic rings. The van der Waals surface area contributed by atoms with Gasteiger partial charge in [-0.15, -0.1) is 6.42 Å². The van der Waals surface area contributed by atoms with Gasteiger partial charge in [0.15, 0.2) is 0 Å². The lowest BCUT2D eigenvalue weighted by Gasteiger charge is -2.24. The van der Waals surface area contributed by atoms with Gasteiger partial charge in [0.2, 0.25) is 0 Å². The highest BCUT2D eigenvalue weighted by atomic mass is 19.1. The molecule has 0 aromatic heterocycles. The van der Waals surface area contributed by atoms with Gasteiger partial charge >= 0.3 is 5.97 Å². The first-order chi connectivity index (χ1) is 16.1. The molecule has 0 aliphatic carbocycles. The van der Waals surface area contributed by atoms with Gasteiger partial charge in [0.05, 0.1) is 19.4 Å². The molecule has 0 spiro atoms. The number of hydrogen-bond acceptors (Lipinski definition) is 3. The van der Waals surface area contributed by atoms with Crippen LogP contribution >= 0.6 is 0 Å². The first-order valence-electron chi connectivity index (χ1n) is 11.0. The van der Waals surface area contributed by atoms with Crippen LogP contribution in [0.15, 0.2) is 60.7 Å². The molecule has 4 nitrogen and oxygen atoms in total. The minimum Gasteiger partial charge on any atom is -0.497 e. The number of terminal acetylenes is 1. The fraction of sp³-hybridized carbons (Fsp3) is 0.276. The molecule has 0 fully saturated rings. The summed E-state index contributed by atoms with van der Waals surface area (Å²) in [4.78, 5) is 11.0. The van der Waals surface area contributed by atoms with Gasteiger partial charge in [-0.1, -0.05) is 51.0 Å². The van der Waals surface area contributed by atoms with Crippen LogP contribution in [0.5, 0.6) is 11.5 Å². The number of hydrogen-bond donors (Lipinski definition) is 1. The quantitative estimate of drug-likeness (QED) is 0.386. The number of ether oxygens (including phenoxy) is 2. The molecule has 0 bridgehead atoms. The van der Waals surface area contributed by atoms with Crippen molar-refractivity contribution in [3.8, 4) is 35.0 Å². The van der Waals surface area contributed by atoms with E-state index < -0.39 is 11.9 Å². The maximum atomic E-state index is 14.8. The van der Waals surface area contributed by atoms with Gasteiger partial charge in [0.25, 0.3) is 0 Å². The Morgan fingerprint density at radius 2 is 1.71 bits per heavy atom. The molecule has 0 unspecified atom stereocenters. The van der Waals surface area contributed by atoms with Crippen LogP contribution in [0.1, 0.15) is 49.8 Å². The minimum atomic E-state index is -0.940. The molecule has 0 aliphatic heterocycles. The standard InChI is InChI=1S/C29H29FO4/c1-6-20(16-28(31)32)21-8-10-22(11-9-21)34-18-19-7-13-26(29(2,3)4)24(15-19)25-17-23(33-5)12-14-27(25)30/h1,7-15,17,20H,16,18H2,2-5H3,(H,31,32)/t20-/m0/s1. The Morgan fingerprint density at radius 3 is 2.29 bits per heavy atom. The number of methoxy groups -OCH3 is 1. The Morgan fingerprint density at radius 1 is 1.03 bits per heavy atom. The number of carboxylic acid groups (broad SMARTS) is 1. The van der Waals surface area contributed by atoms with E-state index in [1.54, 1.807) is 43.5 Å². The first kappa shape index (κ1) is 24.9. The van der Waals surface area contributed by atoms with E-state index in [-0.39, 0.29) is 24.3 Å². The van der Waals surface area contributed by atoms with Gasteiger partial charge in [-0.25, -0.2) is 4.39 Å². The number of rotatable bonds is 8. The zero-order valence-corrected chi connectivity index (χ0v) is 19.9. The van der Waals surface area contributed by atoms with Crippen molar-refractivity contribution in [3.63, 3.8) is 0 Å². The van der Waals surface area contributed by atoms with Crippen LogP contribution in [0.25, 0.3) is 11.1 Å². The number of halogens is 1. The lowest BCUT2D eigenvalue weighted by molar-refractivity contribution is -0.137. The Bertz CT molecular complexity index is 1200. The highest BCUT2D eigenvalue weighted by Crippen LogP contribution is 2.37. The second-order valence-corrected chi connectivity index (χ2v) is 9.15. The number of benzene rings is 3. The van der Waals surface area contributed by atoms with Gasteiger partial charge in [-0.2, -0.15) is 0 Å². The Balaban J connectivity index is 1.86. The third kappa shape index (κ3) is 5.96. The molecule has 176 valence electrons. The van der Waals surface area contributed by atoms with E-state index in [0.717, 1.165) is 22.3 Å². The Hall–Kier alpha value is -3.78. The van der Waals surface area contributed by atoms with E-state index in [1.807, 2.05) is 18.2 Å². The molecule has 0 saturated carbocycles. The van der Waals surface area contributed by atoms with Crippen LogP contribution in [0.4, 0.5) is 4.39 Å². The third-order valence-corrected chi connectivity index (χ3v) is 5.62. The van der Waals surface area contributed by atoms with E-state index in [0.29, 0.717) is 17.1 Å². The predicted molar refractivity (Wildman–Crippen MR) is 132 cm³/mol. The van der Waals surface area contributed by atoms with E-state index in [9.17, 15) is 9.18 Å². The largest absolute Gasteiger partial charge is 0.497 e. The Kier molecular flexibility index (Phi) is 7.63. The van der Waals surface area contributed by atoms with Crippen molar-refractivity contribution in [3.05, 3.63) is 83.2 Å². The molecule has 0 saturated heterocycles. The summed E-state index contributed by atoms with van der Waals surface area (Å²) >= 11 is 0. The van der Waals surface area contributed by atoms with Crippen molar-refractivity contribution in [1.29, 1.82) is 0 Å². The summed E-state index contributed by atoms with van der Waals surface area (Å²) in [5, 5.41) is 9.01. The summed E-state index contributed by atoms with van der Waals surface area (Å²) < 4.78 is 26.1. The zero-order valence-electron chi connectivity index (χ0n) is 19.9. The van der Waals surface area contributed by atoms with Crippen molar-refractivity contribution in [2.45, 2.75) is 45.1 Å². The molecule has 1 N–H and O–H groups in total. The van der Waals surface area contributed by atoms with Crippen LogP contribution in [0.2, 0.25) is 0 Å². The lowest BCUT2D eigenvalue weighted by Crippen LogP contribution is -2.13. The third-order valence-electron chi connectivity index (χ3n) is 5.62.